The summed E-state index contributed by atoms with van der Waals surface area (Å²) in [7, 11) is -1.79. The fraction of sp³-hybridized carbons (Fsp3) is 0. The number of hydrogen-bond acceptors (Lipinski definition) is 1. The summed E-state index contributed by atoms with van der Waals surface area (Å²) in [5.74, 6) is 0. The zero-order valence-corrected chi connectivity index (χ0v) is 11.8. The van der Waals surface area contributed by atoms with E-state index in [0.717, 1.165) is 10.6 Å². The van der Waals surface area contributed by atoms with Crippen LogP contribution in [-0.2, 0) is 25.0 Å². The van der Waals surface area contributed by atoms with Gasteiger partial charge in [0.1, 0.15) is 7.80 Å². The predicted molar refractivity (Wildman–Crippen MR) is 68.4 cm³/mol. The maximum atomic E-state index is 12.0. The summed E-state index contributed by atoms with van der Waals surface area (Å²) < 4.78 is 12.0. The van der Waals surface area contributed by atoms with E-state index >= 15 is 0 Å². The standard InChI is InChI=1S/C12H11OP.ClH.Pd/c13-14(11-7-3-1-4-8-11)12-9-5-2-6-10-12;;/h1-10,14H;1H;. The molecule has 0 aliphatic heterocycles. The zero-order valence-electron chi connectivity index (χ0n) is 8.41. The van der Waals surface area contributed by atoms with Crippen LogP contribution in [-0.4, -0.2) is 0 Å². The molecule has 0 aliphatic carbocycles. The van der Waals surface area contributed by atoms with E-state index < -0.39 is 7.80 Å². The van der Waals surface area contributed by atoms with Gasteiger partial charge in [-0.05, 0) is 0 Å². The first kappa shape index (κ1) is 15.6. The normalized spacial score (nSPS) is 9.06. The van der Waals surface area contributed by atoms with Crippen molar-refractivity contribution in [3.63, 3.8) is 0 Å². The van der Waals surface area contributed by atoms with Crippen molar-refractivity contribution in [3.8, 4) is 0 Å². The average Bonchev–Trinajstić information content (AvgIpc) is 2.30. The fourth-order valence-electron chi connectivity index (χ4n) is 1.35. The van der Waals surface area contributed by atoms with Crippen molar-refractivity contribution >= 4 is 30.8 Å². The zero-order chi connectivity index (χ0) is 9.80. The van der Waals surface area contributed by atoms with E-state index in [2.05, 4.69) is 0 Å². The van der Waals surface area contributed by atoms with E-state index in [-0.39, 0.29) is 32.8 Å². The van der Waals surface area contributed by atoms with Gasteiger partial charge in [0.25, 0.3) is 0 Å². The quantitative estimate of drug-likeness (QED) is 0.604. The largest absolute Gasteiger partial charge is 0.317 e. The van der Waals surface area contributed by atoms with Crippen LogP contribution in [0.1, 0.15) is 0 Å². The van der Waals surface area contributed by atoms with Crippen LogP contribution >= 0.6 is 20.2 Å². The molecule has 16 heavy (non-hydrogen) atoms. The molecule has 0 fully saturated rings. The molecule has 2 aromatic rings. The van der Waals surface area contributed by atoms with Crippen molar-refractivity contribution in [3.05, 3.63) is 60.7 Å². The Morgan fingerprint density at radius 2 is 1.00 bits per heavy atom. The fourth-order valence-corrected chi connectivity index (χ4v) is 2.67. The van der Waals surface area contributed by atoms with Crippen molar-refractivity contribution in [1.82, 2.24) is 0 Å². The topological polar surface area (TPSA) is 17.1 Å². The van der Waals surface area contributed by atoms with Gasteiger partial charge in [0.2, 0.25) is 0 Å². The Balaban J connectivity index is 0.00000112. The number of rotatable bonds is 2. The second-order valence-electron chi connectivity index (χ2n) is 3.06. The molecule has 0 saturated heterocycles. The number of benzene rings is 2. The van der Waals surface area contributed by atoms with Crippen LogP contribution in [0.15, 0.2) is 60.7 Å². The van der Waals surface area contributed by atoms with Crippen molar-refractivity contribution in [2.45, 2.75) is 0 Å². The van der Waals surface area contributed by atoms with Gasteiger partial charge in [-0.15, -0.1) is 12.4 Å². The third-order valence-corrected chi connectivity index (χ3v) is 3.79. The molecule has 4 heteroatoms. The maximum absolute atomic E-state index is 12.0. The Bertz CT molecular complexity index is 392. The molecule has 0 atom stereocenters. The van der Waals surface area contributed by atoms with Gasteiger partial charge < -0.3 is 4.57 Å². The van der Waals surface area contributed by atoms with Crippen LogP contribution < -0.4 is 10.6 Å². The SMILES string of the molecule is Cl.O=[PH](c1ccccc1)c1ccccc1.[Pd]. The minimum Gasteiger partial charge on any atom is -0.317 e. The minimum absolute atomic E-state index is 0. The van der Waals surface area contributed by atoms with Crippen molar-refractivity contribution < 1.29 is 25.0 Å². The molecule has 88 valence electrons. The molecule has 1 nitrogen and oxygen atoms in total. The van der Waals surface area contributed by atoms with Gasteiger partial charge in [0.05, 0.1) is 0 Å². The van der Waals surface area contributed by atoms with Crippen LogP contribution in [0.25, 0.3) is 0 Å². The summed E-state index contributed by atoms with van der Waals surface area (Å²) in [5.41, 5.74) is 0. The molecule has 0 heterocycles. The van der Waals surface area contributed by atoms with Gasteiger partial charge in [-0.2, -0.15) is 0 Å². The van der Waals surface area contributed by atoms with E-state index in [1.165, 1.54) is 0 Å². The van der Waals surface area contributed by atoms with E-state index in [1.807, 2.05) is 60.7 Å². The second-order valence-corrected chi connectivity index (χ2v) is 4.87. The maximum Gasteiger partial charge on any atom is 0.131 e. The van der Waals surface area contributed by atoms with E-state index in [4.69, 9.17) is 0 Å². The van der Waals surface area contributed by atoms with Crippen LogP contribution in [0.5, 0.6) is 0 Å². The molecule has 0 aliphatic rings. The molecule has 0 N–H and O–H groups in total. The van der Waals surface area contributed by atoms with Crippen molar-refractivity contribution in [2.75, 3.05) is 0 Å². The van der Waals surface area contributed by atoms with Crippen LogP contribution in [0, 0.1) is 0 Å². The van der Waals surface area contributed by atoms with Crippen molar-refractivity contribution in [2.24, 2.45) is 0 Å². The summed E-state index contributed by atoms with van der Waals surface area (Å²) in [6.07, 6.45) is 0. The summed E-state index contributed by atoms with van der Waals surface area (Å²) in [5, 5.41) is 1.84. The van der Waals surface area contributed by atoms with Crippen molar-refractivity contribution in [1.29, 1.82) is 0 Å². The Hall–Kier alpha value is -0.378. The van der Waals surface area contributed by atoms with Gasteiger partial charge >= 0.3 is 0 Å². The van der Waals surface area contributed by atoms with E-state index in [9.17, 15) is 4.57 Å². The first-order chi connectivity index (χ1) is 6.88. The van der Waals surface area contributed by atoms with Crippen LogP contribution in [0.3, 0.4) is 0 Å². The summed E-state index contributed by atoms with van der Waals surface area (Å²) in [6, 6.07) is 19.2. The van der Waals surface area contributed by atoms with Gasteiger partial charge in [0, 0.05) is 31.0 Å². The summed E-state index contributed by atoms with van der Waals surface area (Å²) in [4.78, 5) is 0. The minimum atomic E-state index is -1.79. The van der Waals surface area contributed by atoms with E-state index in [0.29, 0.717) is 0 Å². The first-order valence-electron chi connectivity index (χ1n) is 4.53. The molecule has 0 unspecified atom stereocenters. The number of halogens is 1. The van der Waals surface area contributed by atoms with Crippen LogP contribution in [0.4, 0.5) is 0 Å². The Kier molecular flexibility index (Phi) is 7.64. The van der Waals surface area contributed by atoms with Gasteiger partial charge in [0.15, 0.2) is 0 Å². The molecular weight excluding hydrogens is 333 g/mol. The second kappa shape index (κ2) is 7.82. The third kappa shape index (κ3) is 3.89. The van der Waals surface area contributed by atoms with Gasteiger partial charge in [-0.1, -0.05) is 60.7 Å². The summed E-state index contributed by atoms with van der Waals surface area (Å²) in [6.45, 7) is 0. The molecule has 2 rings (SSSR count). The molecule has 0 radical (unpaired) electrons. The molecule has 0 amide bonds. The molecule has 0 aromatic heterocycles. The monoisotopic (exact) mass is 344 g/mol. The first-order valence-corrected chi connectivity index (χ1v) is 5.93. The van der Waals surface area contributed by atoms with Crippen LogP contribution in [0.2, 0.25) is 0 Å². The molecule has 0 saturated carbocycles. The Labute approximate surface area is 116 Å². The molecule has 2 aromatic carbocycles. The van der Waals surface area contributed by atoms with E-state index in [1.54, 1.807) is 0 Å². The predicted octanol–water partition coefficient (Wildman–Crippen LogP) is 2.62. The third-order valence-electron chi connectivity index (χ3n) is 2.07. The Morgan fingerprint density at radius 3 is 1.31 bits per heavy atom. The molecule has 0 spiro atoms. The van der Waals surface area contributed by atoms with Gasteiger partial charge in [-0.25, -0.2) is 0 Å². The molecular formula is C12H12ClOPPd. The Morgan fingerprint density at radius 1 is 0.688 bits per heavy atom. The number of hydrogen-bond donors (Lipinski definition) is 0. The summed E-state index contributed by atoms with van der Waals surface area (Å²) >= 11 is 0. The average molecular weight is 345 g/mol. The smallest absolute Gasteiger partial charge is 0.131 e. The molecule has 0 bridgehead atoms. The van der Waals surface area contributed by atoms with Gasteiger partial charge in [-0.3, -0.25) is 0 Å².